The molecule has 1 unspecified atom stereocenters. The Kier molecular flexibility index (Phi) is 8.93. The van der Waals surface area contributed by atoms with Crippen molar-refractivity contribution in [2.45, 2.75) is 45.0 Å². The molecule has 2 aromatic heterocycles. The molecule has 0 saturated carbocycles. The summed E-state index contributed by atoms with van der Waals surface area (Å²) in [6.45, 7) is 6.53. The van der Waals surface area contributed by atoms with Gasteiger partial charge in [-0.1, -0.05) is 34.6 Å². The number of thiophene rings is 1. The molecule has 11 heteroatoms. The van der Waals surface area contributed by atoms with Crippen LogP contribution in [-0.4, -0.2) is 39.5 Å². The van der Waals surface area contributed by atoms with Crippen LogP contribution >= 0.6 is 39.0 Å². The number of halogens is 1. The molecule has 0 aliphatic carbocycles. The van der Waals surface area contributed by atoms with Gasteiger partial charge in [0.2, 0.25) is 5.91 Å². The van der Waals surface area contributed by atoms with E-state index in [-0.39, 0.29) is 17.8 Å². The summed E-state index contributed by atoms with van der Waals surface area (Å²) in [5.74, 6) is 0.834. The molecule has 0 aliphatic rings. The van der Waals surface area contributed by atoms with E-state index in [9.17, 15) is 9.59 Å². The van der Waals surface area contributed by atoms with Crippen molar-refractivity contribution in [1.29, 1.82) is 0 Å². The first-order chi connectivity index (χ1) is 15.9. The summed E-state index contributed by atoms with van der Waals surface area (Å²) < 4.78 is 13.7. The van der Waals surface area contributed by atoms with E-state index in [4.69, 9.17) is 9.47 Å². The van der Waals surface area contributed by atoms with Crippen LogP contribution in [0.1, 0.15) is 47.9 Å². The standard InChI is InChI=1S/C22H25BrN4O4S2/c1-5-16-11-17(21(29)30-4)20(33-16)24-18(28)12-32-22-26-25-19(27(22)6-2)13(3)31-15-9-7-14(23)8-10-15/h7-11,13H,5-6,12H2,1-4H3,(H,24,28). The highest BCUT2D eigenvalue weighted by Gasteiger charge is 2.21. The number of rotatable bonds is 10. The molecule has 3 aromatic rings. The molecule has 3 rings (SSSR count). The lowest BCUT2D eigenvalue weighted by Crippen LogP contribution is -2.16. The van der Waals surface area contributed by atoms with Crippen molar-refractivity contribution in [2.24, 2.45) is 0 Å². The van der Waals surface area contributed by atoms with Gasteiger partial charge in [-0.05, 0) is 50.6 Å². The predicted molar refractivity (Wildman–Crippen MR) is 133 cm³/mol. The third-order valence-corrected chi connectivity index (χ3v) is 7.36. The zero-order valence-corrected chi connectivity index (χ0v) is 22.0. The number of benzene rings is 1. The van der Waals surface area contributed by atoms with Crippen LogP contribution in [0.3, 0.4) is 0 Å². The number of methoxy groups -OCH3 is 1. The zero-order valence-electron chi connectivity index (χ0n) is 18.8. The van der Waals surface area contributed by atoms with Gasteiger partial charge < -0.3 is 19.4 Å². The summed E-state index contributed by atoms with van der Waals surface area (Å²) in [4.78, 5) is 25.6. The molecule has 1 atom stereocenters. The number of ether oxygens (including phenoxy) is 2. The van der Waals surface area contributed by atoms with E-state index in [2.05, 4.69) is 31.4 Å². The number of aromatic nitrogens is 3. The Labute approximate surface area is 209 Å². The minimum Gasteiger partial charge on any atom is -0.483 e. The van der Waals surface area contributed by atoms with E-state index in [0.717, 1.165) is 21.5 Å². The van der Waals surface area contributed by atoms with E-state index < -0.39 is 5.97 Å². The van der Waals surface area contributed by atoms with Gasteiger partial charge in [-0.2, -0.15) is 0 Å². The Morgan fingerprint density at radius 3 is 2.61 bits per heavy atom. The molecule has 0 radical (unpaired) electrons. The van der Waals surface area contributed by atoms with Crippen molar-refractivity contribution in [3.8, 4) is 5.75 Å². The number of thioether (sulfide) groups is 1. The van der Waals surface area contributed by atoms with Crippen LogP contribution in [0.25, 0.3) is 0 Å². The Bertz CT molecular complexity index is 1110. The second-order valence-electron chi connectivity index (χ2n) is 6.94. The number of carbonyl (C=O) groups excluding carboxylic acids is 2. The van der Waals surface area contributed by atoms with Crippen LogP contribution in [0.5, 0.6) is 5.75 Å². The number of esters is 1. The number of hydrogen-bond acceptors (Lipinski definition) is 8. The van der Waals surface area contributed by atoms with Crippen LogP contribution in [0.15, 0.2) is 40.0 Å². The molecule has 0 saturated heterocycles. The monoisotopic (exact) mass is 552 g/mol. The highest BCUT2D eigenvalue weighted by Crippen LogP contribution is 2.30. The van der Waals surface area contributed by atoms with Crippen LogP contribution < -0.4 is 10.1 Å². The highest BCUT2D eigenvalue weighted by atomic mass is 79.9. The second kappa shape index (κ2) is 11.7. The number of carbonyl (C=O) groups is 2. The van der Waals surface area contributed by atoms with Crippen molar-refractivity contribution < 1.29 is 19.1 Å². The maximum Gasteiger partial charge on any atom is 0.340 e. The molecular weight excluding hydrogens is 528 g/mol. The van der Waals surface area contributed by atoms with E-state index in [1.165, 1.54) is 30.2 Å². The quantitative estimate of drug-likeness (QED) is 0.268. The van der Waals surface area contributed by atoms with E-state index >= 15 is 0 Å². The number of hydrogen-bond donors (Lipinski definition) is 1. The van der Waals surface area contributed by atoms with Gasteiger partial charge >= 0.3 is 5.97 Å². The van der Waals surface area contributed by atoms with Crippen molar-refractivity contribution in [1.82, 2.24) is 14.8 Å². The highest BCUT2D eigenvalue weighted by molar-refractivity contribution is 9.10. The molecule has 1 amide bonds. The fourth-order valence-corrected chi connectivity index (χ4v) is 5.11. The summed E-state index contributed by atoms with van der Waals surface area (Å²) in [6, 6.07) is 9.34. The second-order valence-corrected chi connectivity index (χ2v) is 9.93. The molecule has 0 aliphatic heterocycles. The van der Waals surface area contributed by atoms with Crippen LogP contribution in [0.2, 0.25) is 0 Å². The van der Waals surface area contributed by atoms with E-state index in [1.807, 2.05) is 49.6 Å². The first kappa shape index (κ1) is 25.3. The molecule has 33 heavy (non-hydrogen) atoms. The van der Waals surface area contributed by atoms with Crippen LogP contribution in [0.4, 0.5) is 5.00 Å². The molecule has 1 aromatic carbocycles. The van der Waals surface area contributed by atoms with Gasteiger partial charge in [0.1, 0.15) is 10.8 Å². The smallest absolute Gasteiger partial charge is 0.340 e. The molecule has 1 N–H and O–H groups in total. The van der Waals surface area contributed by atoms with Crippen molar-refractivity contribution in [3.63, 3.8) is 0 Å². The lowest BCUT2D eigenvalue weighted by atomic mass is 10.2. The predicted octanol–water partition coefficient (Wildman–Crippen LogP) is 5.34. The largest absolute Gasteiger partial charge is 0.483 e. The molecule has 0 fully saturated rings. The van der Waals surface area contributed by atoms with E-state index in [0.29, 0.717) is 28.1 Å². The Morgan fingerprint density at radius 2 is 1.97 bits per heavy atom. The van der Waals surface area contributed by atoms with Crippen molar-refractivity contribution in [2.75, 3.05) is 18.2 Å². The van der Waals surface area contributed by atoms with Crippen molar-refractivity contribution >= 4 is 55.9 Å². The summed E-state index contributed by atoms with van der Waals surface area (Å²) in [5, 5.41) is 12.5. The zero-order chi connectivity index (χ0) is 24.0. The van der Waals surface area contributed by atoms with Gasteiger partial charge in [0, 0.05) is 15.9 Å². The van der Waals surface area contributed by atoms with Gasteiger partial charge in [0.25, 0.3) is 0 Å². The summed E-state index contributed by atoms with van der Waals surface area (Å²) in [6.07, 6.45) is 0.449. The van der Waals surface area contributed by atoms with Gasteiger partial charge in [-0.15, -0.1) is 21.5 Å². The van der Waals surface area contributed by atoms with Crippen molar-refractivity contribution in [3.05, 3.63) is 51.1 Å². The van der Waals surface area contributed by atoms with Gasteiger partial charge in [0.05, 0.1) is 18.4 Å². The first-order valence-corrected chi connectivity index (χ1v) is 12.9. The number of nitrogens with one attached hydrogen (secondary N) is 1. The normalized spacial score (nSPS) is 11.8. The Morgan fingerprint density at radius 1 is 1.24 bits per heavy atom. The molecular formula is C22H25BrN4O4S2. The lowest BCUT2D eigenvalue weighted by molar-refractivity contribution is -0.113. The maximum atomic E-state index is 12.6. The Balaban J connectivity index is 1.65. The minimum absolute atomic E-state index is 0.125. The van der Waals surface area contributed by atoms with E-state index in [1.54, 1.807) is 6.07 Å². The third kappa shape index (κ3) is 6.36. The SMILES string of the molecule is CCc1cc(C(=O)OC)c(NC(=O)CSc2nnc(C(C)Oc3ccc(Br)cc3)n2CC)s1. The fraction of sp³-hybridized carbons (Fsp3) is 0.364. The molecule has 0 bridgehead atoms. The topological polar surface area (TPSA) is 95.3 Å². The molecule has 8 nitrogen and oxygen atoms in total. The lowest BCUT2D eigenvalue weighted by Gasteiger charge is -2.15. The number of anilines is 1. The number of aryl methyl sites for hydroxylation is 1. The molecule has 2 heterocycles. The van der Waals surface area contributed by atoms with Gasteiger partial charge in [-0.3, -0.25) is 4.79 Å². The summed E-state index contributed by atoms with van der Waals surface area (Å²) in [5.41, 5.74) is 0.371. The summed E-state index contributed by atoms with van der Waals surface area (Å²) in [7, 11) is 1.32. The fourth-order valence-electron chi connectivity index (χ4n) is 3.04. The number of nitrogens with zero attached hydrogens (tertiary/aromatic N) is 3. The van der Waals surface area contributed by atoms with Gasteiger partial charge in [-0.25, -0.2) is 4.79 Å². The molecule has 176 valence electrons. The van der Waals surface area contributed by atoms with Crippen LogP contribution in [0, 0.1) is 0 Å². The average Bonchev–Trinajstić information content (AvgIpc) is 3.42. The third-order valence-electron chi connectivity index (χ3n) is 4.67. The first-order valence-electron chi connectivity index (χ1n) is 10.3. The average molecular weight is 554 g/mol. The van der Waals surface area contributed by atoms with Crippen LogP contribution in [-0.2, 0) is 22.5 Å². The molecule has 0 spiro atoms. The summed E-state index contributed by atoms with van der Waals surface area (Å²) >= 11 is 6.07. The number of amides is 1. The maximum absolute atomic E-state index is 12.6. The Hall–Kier alpha value is -2.37. The van der Waals surface area contributed by atoms with Gasteiger partial charge in [0.15, 0.2) is 17.1 Å². The minimum atomic E-state index is -0.468.